The molecule has 2 N–H and O–H groups in total. The van der Waals surface area contributed by atoms with Crippen molar-refractivity contribution in [3.05, 3.63) is 33.3 Å². The predicted octanol–water partition coefficient (Wildman–Crippen LogP) is 3.76. The zero-order chi connectivity index (χ0) is 12.6. The van der Waals surface area contributed by atoms with Crippen LogP contribution in [0.15, 0.2) is 18.2 Å². The van der Waals surface area contributed by atoms with Gasteiger partial charge in [0, 0.05) is 20.3 Å². The highest BCUT2D eigenvalue weighted by molar-refractivity contribution is 14.1. The van der Waals surface area contributed by atoms with Crippen molar-refractivity contribution in [2.45, 2.75) is 20.3 Å². The molecule has 0 saturated carbocycles. The first-order chi connectivity index (χ1) is 7.97. The van der Waals surface area contributed by atoms with Gasteiger partial charge in [0.05, 0.1) is 5.52 Å². The van der Waals surface area contributed by atoms with Gasteiger partial charge in [0.1, 0.15) is 5.82 Å². The molecule has 0 aliphatic carbocycles. The van der Waals surface area contributed by atoms with Crippen LogP contribution in [0.1, 0.15) is 19.5 Å². The summed E-state index contributed by atoms with van der Waals surface area (Å²) in [5.41, 5.74) is 8.32. The highest BCUT2D eigenvalue weighted by Crippen LogP contribution is 2.26. The molecule has 17 heavy (non-hydrogen) atoms. The molecular weight excluding hydrogens is 330 g/mol. The van der Waals surface area contributed by atoms with E-state index in [2.05, 4.69) is 41.4 Å². The smallest absolute Gasteiger partial charge is 0.125 e. The summed E-state index contributed by atoms with van der Waals surface area (Å²) in [7, 11) is 0. The fourth-order valence-corrected chi connectivity index (χ4v) is 2.56. The number of hydrogen-bond donors (Lipinski definition) is 1. The van der Waals surface area contributed by atoms with E-state index in [1.165, 1.54) is 12.1 Å². The van der Waals surface area contributed by atoms with Gasteiger partial charge in [-0.2, -0.15) is 0 Å². The van der Waals surface area contributed by atoms with Crippen LogP contribution in [0.5, 0.6) is 0 Å². The van der Waals surface area contributed by atoms with Crippen molar-refractivity contribution in [2.24, 2.45) is 5.92 Å². The second kappa shape index (κ2) is 4.76. The lowest BCUT2D eigenvalue weighted by Crippen LogP contribution is -2.01. The normalized spacial score (nSPS) is 11.4. The lowest BCUT2D eigenvalue weighted by Gasteiger charge is -2.09. The Morgan fingerprint density at radius 1 is 1.35 bits per heavy atom. The van der Waals surface area contributed by atoms with E-state index in [-0.39, 0.29) is 5.82 Å². The van der Waals surface area contributed by atoms with Gasteiger partial charge in [-0.05, 0) is 53.1 Å². The second-order valence-electron chi connectivity index (χ2n) is 4.58. The van der Waals surface area contributed by atoms with E-state index in [1.807, 2.05) is 6.07 Å². The zero-order valence-corrected chi connectivity index (χ0v) is 12.0. The number of anilines is 1. The summed E-state index contributed by atoms with van der Waals surface area (Å²) in [6, 6.07) is 4.77. The number of nitrogens with two attached hydrogens (primary N) is 1. The van der Waals surface area contributed by atoms with Gasteiger partial charge in [-0.3, -0.25) is 4.98 Å². The third-order valence-corrected chi connectivity index (χ3v) is 3.36. The second-order valence-corrected chi connectivity index (χ2v) is 5.75. The molecule has 0 aliphatic heterocycles. The molecule has 0 radical (unpaired) electrons. The molecule has 0 saturated heterocycles. The Bertz CT molecular complexity index is 567. The molecule has 1 heterocycles. The highest BCUT2D eigenvalue weighted by Gasteiger charge is 2.09. The summed E-state index contributed by atoms with van der Waals surface area (Å²) in [5.74, 6) is 0.254. The summed E-state index contributed by atoms with van der Waals surface area (Å²) in [5, 5.41) is 0.696. The molecule has 1 aromatic carbocycles. The Hall–Kier alpha value is -0.910. The zero-order valence-electron chi connectivity index (χ0n) is 9.80. The minimum atomic E-state index is -0.271. The maximum atomic E-state index is 13.3. The van der Waals surface area contributed by atoms with Crippen LogP contribution in [0.3, 0.4) is 0 Å². The van der Waals surface area contributed by atoms with Gasteiger partial charge in [-0.25, -0.2) is 4.39 Å². The molecule has 4 heteroatoms. The van der Waals surface area contributed by atoms with E-state index in [0.717, 1.165) is 21.2 Å². The standard InChI is InChI=1S/C13H14FIN2/c1-7(2)3-9-6-12(16)10-4-8(14)5-11(15)13(10)17-9/h4-7H,3H2,1-2H3,(H2,16,17). The Kier molecular flexibility index (Phi) is 3.51. The number of hydrogen-bond acceptors (Lipinski definition) is 2. The number of rotatable bonds is 2. The Balaban J connectivity index is 2.64. The van der Waals surface area contributed by atoms with Crippen LogP contribution in [-0.2, 0) is 6.42 Å². The molecule has 1 aromatic heterocycles. The summed E-state index contributed by atoms with van der Waals surface area (Å²) in [4.78, 5) is 4.56. The number of pyridine rings is 1. The maximum absolute atomic E-state index is 13.3. The van der Waals surface area contributed by atoms with Gasteiger partial charge in [0.2, 0.25) is 0 Å². The van der Waals surface area contributed by atoms with E-state index in [4.69, 9.17) is 5.73 Å². The Morgan fingerprint density at radius 3 is 2.71 bits per heavy atom. The number of nitrogens with zero attached hydrogens (tertiary/aromatic N) is 1. The first-order valence-electron chi connectivity index (χ1n) is 5.51. The van der Waals surface area contributed by atoms with Crippen LogP contribution in [0.4, 0.5) is 10.1 Å². The third kappa shape index (κ3) is 2.68. The number of aromatic nitrogens is 1. The monoisotopic (exact) mass is 344 g/mol. The van der Waals surface area contributed by atoms with Crippen LogP contribution < -0.4 is 5.73 Å². The minimum Gasteiger partial charge on any atom is -0.398 e. The molecule has 0 bridgehead atoms. The average Bonchev–Trinajstić information content (AvgIpc) is 2.19. The summed E-state index contributed by atoms with van der Waals surface area (Å²) in [6.45, 7) is 4.27. The van der Waals surface area contributed by atoms with E-state index in [9.17, 15) is 4.39 Å². The van der Waals surface area contributed by atoms with E-state index >= 15 is 0 Å². The maximum Gasteiger partial charge on any atom is 0.125 e. The third-order valence-electron chi connectivity index (χ3n) is 2.53. The highest BCUT2D eigenvalue weighted by atomic mass is 127. The topological polar surface area (TPSA) is 38.9 Å². The van der Waals surface area contributed by atoms with Crippen LogP contribution in [0.25, 0.3) is 10.9 Å². The van der Waals surface area contributed by atoms with Gasteiger partial charge >= 0.3 is 0 Å². The van der Waals surface area contributed by atoms with Crippen molar-refractivity contribution in [1.82, 2.24) is 4.98 Å². The fourth-order valence-electron chi connectivity index (χ4n) is 1.86. The van der Waals surface area contributed by atoms with Crippen molar-refractivity contribution in [2.75, 3.05) is 5.73 Å². The molecule has 0 fully saturated rings. The lowest BCUT2D eigenvalue weighted by atomic mass is 10.1. The molecule has 0 spiro atoms. The average molecular weight is 344 g/mol. The van der Waals surface area contributed by atoms with E-state index < -0.39 is 0 Å². The van der Waals surface area contributed by atoms with Gasteiger partial charge < -0.3 is 5.73 Å². The van der Waals surface area contributed by atoms with Crippen LogP contribution in [0.2, 0.25) is 0 Å². The lowest BCUT2D eigenvalue weighted by molar-refractivity contribution is 0.627. The van der Waals surface area contributed by atoms with Crippen molar-refractivity contribution >= 4 is 39.2 Å². The summed E-state index contributed by atoms with van der Waals surface area (Å²) in [6.07, 6.45) is 0.883. The van der Waals surface area contributed by atoms with Gasteiger partial charge in [0.25, 0.3) is 0 Å². The molecule has 2 aromatic rings. The summed E-state index contributed by atoms with van der Waals surface area (Å²) >= 11 is 2.09. The molecule has 0 amide bonds. The summed E-state index contributed by atoms with van der Waals surface area (Å²) < 4.78 is 14.1. The molecular formula is C13H14FIN2. The van der Waals surface area contributed by atoms with Crippen molar-refractivity contribution < 1.29 is 4.39 Å². The quantitative estimate of drug-likeness (QED) is 0.843. The number of fused-ring (bicyclic) bond motifs is 1. The number of nitrogen functional groups attached to an aromatic ring is 1. The van der Waals surface area contributed by atoms with Crippen LogP contribution >= 0.6 is 22.6 Å². The molecule has 0 atom stereocenters. The van der Waals surface area contributed by atoms with E-state index in [0.29, 0.717) is 17.0 Å². The Labute approximate surface area is 114 Å². The van der Waals surface area contributed by atoms with Gasteiger partial charge in [-0.1, -0.05) is 13.8 Å². The van der Waals surface area contributed by atoms with Crippen molar-refractivity contribution in [3.63, 3.8) is 0 Å². The molecule has 90 valence electrons. The number of halogens is 2. The molecule has 2 rings (SSSR count). The van der Waals surface area contributed by atoms with E-state index in [1.54, 1.807) is 0 Å². The largest absolute Gasteiger partial charge is 0.398 e. The SMILES string of the molecule is CC(C)Cc1cc(N)c2cc(F)cc(I)c2n1. The molecule has 0 aliphatic rings. The fraction of sp³-hybridized carbons (Fsp3) is 0.308. The van der Waals surface area contributed by atoms with Crippen molar-refractivity contribution in [3.8, 4) is 0 Å². The molecule has 0 unspecified atom stereocenters. The van der Waals surface area contributed by atoms with Crippen molar-refractivity contribution in [1.29, 1.82) is 0 Å². The van der Waals surface area contributed by atoms with Crippen LogP contribution in [0, 0.1) is 15.3 Å². The van der Waals surface area contributed by atoms with Gasteiger partial charge in [0.15, 0.2) is 0 Å². The Morgan fingerprint density at radius 2 is 2.06 bits per heavy atom. The first kappa shape index (κ1) is 12.5. The predicted molar refractivity (Wildman–Crippen MR) is 77.4 cm³/mol. The van der Waals surface area contributed by atoms with Gasteiger partial charge in [-0.15, -0.1) is 0 Å². The van der Waals surface area contributed by atoms with Crippen LogP contribution in [-0.4, -0.2) is 4.98 Å². The first-order valence-corrected chi connectivity index (χ1v) is 6.59. The number of benzene rings is 1. The minimum absolute atomic E-state index is 0.271. The molecule has 2 nitrogen and oxygen atoms in total.